The minimum absolute atomic E-state index is 0.0263. The topological polar surface area (TPSA) is 48.0 Å². The Kier molecular flexibility index (Phi) is 4.04. The summed E-state index contributed by atoms with van der Waals surface area (Å²) in [6.07, 6.45) is 1.74. The van der Waals surface area contributed by atoms with E-state index in [2.05, 4.69) is 0 Å². The molecule has 1 heterocycles. The fourth-order valence-corrected chi connectivity index (χ4v) is 2.38. The second-order valence-corrected chi connectivity index (χ2v) is 4.93. The first kappa shape index (κ1) is 12.7. The van der Waals surface area contributed by atoms with Crippen LogP contribution in [0.15, 0.2) is 52.3 Å². The molecule has 0 atom stereocenters. The molecule has 2 N–H and O–H groups in total. The van der Waals surface area contributed by atoms with Gasteiger partial charge < -0.3 is 10.3 Å². The Morgan fingerprint density at radius 1 is 1.28 bits per heavy atom. The molecule has 0 unspecified atom stereocenters. The second kappa shape index (κ2) is 5.73. The predicted octanol–water partition coefficient (Wildman–Crippen LogP) is 2.36. The average Bonchev–Trinajstić information content (AvgIpc) is 2.36. The molecule has 5 heteroatoms. The number of anilines is 1. The third kappa shape index (κ3) is 3.13. The quantitative estimate of drug-likeness (QED) is 0.681. The number of thioether (sulfide) groups is 1. The highest BCUT2D eigenvalue weighted by Gasteiger charge is 2.01. The van der Waals surface area contributed by atoms with E-state index in [1.807, 2.05) is 6.07 Å². The minimum atomic E-state index is -0.406. The van der Waals surface area contributed by atoms with Crippen molar-refractivity contribution in [1.82, 2.24) is 4.57 Å². The number of aryl methyl sites for hydroxylation is 1. The summed E-state index contributed by atoms with van der Waals surface area (Å²) in [7, 11) is 0. The van der Waals surface area contributed by atoms with Crippen LogP contribution in [0.25, 0.3) is 0 Å². The number of hydrogen-bond acceptors (Lipinski definition) is 3. The van der Waals surface area contributed by atoms with Gasteiger partial charge in [-0.15, -0.1) is 11.8 Å². The molecule has 18 heavy (non-hydrogen) atoms. The molecule has 2 aromatic rings. The Balaban J connectivity index is 1.95. The van der Waals surface area contributed by atoms with Gasteiger partial charge in [0, 0.05) is 29.5 Å². The lowest BCUT2D eigenvalue weighted by Crippen LogP contribution is -2.18. The highest BCUT2D eigenvalue weighted by Crippen LogP contribution is 2.21. The van der Waals surface area contributed by atoms with E-state index in [0.717, 1.165) is 4.90 Å². The number of hydrogen-bond donors (Lipinski definition) is 1. The normalized spacial score (nSPS) is 10.5. The van der Waals surface area contributed by atoms with Crippen LogP contribution < -0.4 is 11.3 Å². The van der Waals surface area contributed by atoms with Crippen molar-refractivity contribution in [1.29, 1.82) is 0 Å². The van der Waals surface area contributed by atoms with E-state index >= 15 is 0 Å². The van der Waals surface area contributed by atoms with Crippen LogP contribution in [0, 0.1) is 5.82 Å². The second-order valence-electron chi connectivity index (χ2n) is 3.76. The third-order valence-corrected chi connectivity index (χ3v) is 3.45. The van der Waals surface area contributed by atoms with Crippen molar-refractivity contribution < 1.29 is 4.39 Å². The maximum absolute atomic E-state index is 13.2. The van der Waals surface area contributed by atoms with Gasteiger partial charge in [0.25, 0.3) is 5.56 Å². The van der Waals surface area contributed by atoms with Gasteiger partial charge in [-0.2, -0.15) is 0 Å². The van der Waals surface area contributed by atoms with Crippen LogP contribution in [0.2, 0.25) is 0 Å². The summed E-state index contributed by atoms with van der Waals surface area (Å²) >= 11 is 1.49. The molecular formula is C13H13FN2OS. The van der Waals surface area contributed by atoms with E-state index in [-0.39, 0.29) is 11.2 Å². The Labute approximate surface area is 108 Å². The smallest absolute Gasteiger partial charge is 0.250 e. The first-order chi connectivity index (χ1) is 8.66. The molecule has 0 aliphatic rings. The number of nitrogens with zero attached hydrogens (tertiary/aromatic N) is 1. The standard InChI is InChI=1S/C13H13FN2OS/c14-11-9-10(4-5-12(11)15)18-8-7-16-6-2-1-3-13(16)17/h1-6,9H,7-8,15H2. The zero-order chi connectivity index (χ0) is 13.0. The van der Waals surface area contributed by atoms with E-state index in [0.29, 0.717) is 12.3 Å². The Morgan fingerprint density at radius 2 is 2.11 bits per heavy atom. The van der Waals surface area contributed by atoms with Gasteiger partial charge in [-0.05, 0) is 24.3 Å². The number of pyridine rings is 1. The average molecular weight is 264 g/mol. The third-order valence-electron chi connectivity index (χ3n) is 2.47. The minimum Gasteiger partial charge on any atom is -0.396 e. The van der Waals surface area contributed by atoms with Crippen molar-refractivity contribution in [2.75, 3.05) is 11.5 Å². The molecule has 0 radical (unpaired) electrons. The largest absolute Gasteiger partial charge is 0.396 e. The SMILES string of the molecule is Nc1ccc(SCCn2ccccc2=O)cc1F. The monoisotopic (exact) mass is 264 g/mol. The summed E-state index contributed by atoms with van der Waals surface area (Å²) < 4.78 is 14.8. The van der Waals surface area contributed by atoms with Crippen molar-refractivity contribution in [3.05, 3.63) is 58.8 Å². The summed E-state index contributed by atoms with van der Waals surface area (Å²) in [6.45, 7) is 0.594. The van der Waals surface area contributed by atoms with Crippen LogP contribution in [-0.4, -0.2) is 10.3 Å². The lowest BCUT2D eigenvalue weighted by Gasteiger charge is -2.05. The maximum atomic E-state index is 13.2. The molecule has 0 aliphatic carbocycles. The number of halogens is 1. The van der Waals surface area contributed by atoms with Crippen LogP contribution in [0.5, 0.6) is 0 Å². The Hall–Kier alpha value is -1.75. The molecule has 1 aromatic heterocycles. The number of nitrogen functional groups attached to an aromatic ring is 1. The summed E-state index contributed by atoms with van der Waals surface area (Å²) in [4.78, 5) is 12.2. The van der Waals surface area contributed by atoms with Gasteiger partial charge in [0.1, 0.15) is 5.82 Å². The molecule has 0 aliphatic heterocycles. The van der Waals surface area contributed by atoms with Crippen LogP contribution in [0.3, 0.4) is 0 Å². The van der Waals surface area contributed by atoms with Crippen LogP contribution in [-0.2, 0) is 6.54 Å². The summed E-state index contributed by atoms with van der Waals surface area (Å²) in [5.74, 6) is 0.296. The Bertz CT molecular complexity index is 598. The highest BCUT2D eigenvalue weighted by atomic mass is 32.2. The van der Waals surface area contributed by atoms with Gasteiger partial charge in [0.05, 0.1) is 5.69 Å². The summed E-state index contributed by atoms with van der Waals surface area (Å²) in [5.41, 5.74) is 5.52. The summed E-state index contributed by atoms with van der Waals surface area (Å²) in [6, 6.07) is 9.78. The molecule has 0 saturated heterocycles. The van der Waals surface area contributed by atoms with Gasteiger partial charge in [0.15, 0.2) is 0 Å². The zero-order valence-electron chi connectivity index (χ0n) is 9.67. The molecule has 94 valence electrons. The number of benzene rings is 1. The molecule has 0 bridgehead atoms. The van der Waals surface area contributed by atoms with Crippen molar-refractivity contribution >= 4 is 17.4 Å². The molecule has 0 fully saturated rings. The molecule has 0 spiro atoms. The van der Waals surface area contributed by atoms with E-state index in [4.69, 9.17) is 5.73 Å². The molecule has 2 rings (SSSR count). The van der Waals surface area contributed by atoms with E-state index in [9.17, 15) is 9.18 Å². The lowest BCUT2D eigenvalue weighted by atomic mass is 10.3. The summed E-state index contributed by atoms with van der Waals surface area (Å²) in [5, 5.41) is 0. The van der Waals surface area contributed by atoms with Crippen molar-refractivity contribution in [3.63, 3.8) is 0 Å². The Morgan fingerprint density at radius 3 is 2.83 bits per heavy atom. The van der Waals surface area contributed by atoms with Crippen LogP contribution in [0.4, 0.5) is 10.1 Å². The van der Waals surface area contributed by atoms with E-state index in [1.165, 1.54) is 23.9 Å². The van der Waals surface area contributed by atoms with E-state index in [1.54, 1.807) is 29.0 Å². The van der Waals surface area contributed by atoms with Crippen molar-refractivity contribution in [2.24, 2.45) is 0 Å². The molecule has 3 nitrogen and oxygen atoms in total. The van der Waals surface area contributed by atoms with Crippen molar-refractivity contribution in [3.8, 4) is 0 Å². The molecule has 0 saturated carbocycles. The van der Waals surface area contributed by atoms with Gasteiger partial charge in [0.2, 0.25) is 0 Å². The van der Waals surface area contributed by atoms with Crippen molar-refractivity contribution in [2.45, 2.75) is 11.4 Å². The zero-order valence-corrected chi connectivity index (χ0v) is 10.5. The highest BCUT2D eigenvalue weighted by molar-refractivity contribution is 7.99. The number of rotatable bonds is 4. The molecular weight excluding hydrogens is 251 g/mol. The fraction of sp³-hybridized carbons (Fsp3) is 0.154. The van der Waals surface area contributed by atoms with Gasteiger partial charge in [-0.25, -0.2) is 4.39 Å². The first-order valence-electron chi connectivity index (χ1n) is 5.50. The van der Waals surface area contributed by atoms with Crippen LogP contribution >= 0.6 is 11.8 Å². The first-order valence-corrected chi connectivity index (χ1v) is 6.48. The van der Waals surface area contributed by atoms with Gasteiger partial charge in [-0.1, -0.05) is 6.07 Å². The lowest BCUT2D eigenvalue weighted by molar-refractivity contribution is 0.629. The predicted molar refractivity (Wildman–Crippen MR) is 72.2 cm³/mol. The van der Waals surface area contributed by atoms with E-state index < -0.39 is 5.82 Å². The number of aromatic nitrogens is 1. The fourth-order valence-electron chi connectivity index (χ4n) is 1.50. The molecule has 0 amide bonds. The van der Waals surface area contributed by atoms with Gasteiger partial charge in [-0.3, -0.25) is 4.79 Å². The maximum Gasteiger partial charge on any atom is 0.250 e. The van der Waals surface area contributed by atoms with Crippen LogP contribution in [0.1, 0.15) is 0 Å². The molecule has 1 aromatic carbocycles. The number of nitrogens with two attached hydrogens (primary N) is 1. The van der Waals surface area contributed by atoms with Gasteiger partial charge >= 0.3 is 0 Å².